The molecule has 2 aliphatic carbocycles. The van der Waals surface area contributed by atoms with Gasteiger partial charge in [0.05, 0.1) is 52.0 Å². The molecule has 2 saturated carbocycles. The molecule has 1 aliphatic heterocycles. The molecule has 0 amide bonds. The van der Waals surface area contributed by atoms with Crippen LogP contribution in [0.3, 0.4) is 0 Å². The molecule has 0 atom stereocenters. The third-order valence-corrected chi connectivity index (χ3v) is 11.9. The molecule has 16 nitrogen and oxygen atoms in total. The summed E-state index contributed by atoms with van der Waals surface area (Å²) in [6, 6.07) is 12.7. The van der Waals surface area contributed by atoms with E-state index in [1.54, 1.807) is 24.8 Å². The molecule has 3 fully saturated rings. The molecule has 0 spiro atoms. The summed E-state index contributed by atoms with van der Waals surface area (Å²) in [4.78, 5) is 54.0. The SMILES string of the molecule is C1CCOC1.Cc1ccc2c(n1)nc(CO)n2CCC(C)C.Cc1ccc2c(n1)nc(Cn1c(=O)n(C3CC3)c3ccncc31)n2CCC(C)C.O=c1[nH]c2cnccc2n1C1CC1. The average molecular weight is 871 g/mol. The first-order chi connectivity index (χ1) is 31.0. The molecule has 0 bridgehead atoms. The number of aliphatic hydroxyl groups excluding tert-OH is 1. The Bertz CT molecular complexity index is 2950. The highest BCUT2D eigenvalue weighted by molar-refractivity contribution is 5.76. The van der Waals surface area contributed by atoms with E-state index in [1.807, 2.05) is 57.9 Å². The van der Waals surface area contributed by atoms with Gasteiger partial charge in [-0.15, -0.1) is 0 Å². The first-order valence-electron chi connectivity index (χ1n) is 22.9. The van der Waals surface area contributed by atoms with Crippen LogP contribution in [0.1, 0.15) is 114 Å². The number of H-pyrrole nitrogens is 1. The highest BCUT2D eigenvalue weighted by Crippen LogP contribution is 2.36. The van der Waals surface area contributed by atoms with Crippen molar-refractivity contribution in [3.63, 3.8) is 0 Å². The summed E-state index contributed by atoms with van der Waals surface area (Å²) < 4.78 is 14.8. The molecule has 2 N–H and O–H groups in total. The van der Waals surface area contributed by atoms with Crippen molar-refractivity contribution in [2.75, 3.05) is 13.2 Å². The van der Waals surface area contributed by atoms with Gasteiger partial charge in [0.1, 0.15) is 18.3 Å². The van der Waals surface area contributed by atoms with E-state index in [4.69, 9.17) is 9.72 Å². The number of pyridine rings is 4. The Morgan fingerprint density at radius 1 is 0.656 bits per heavy atom. The molecule has 64 heavy (non-hydrogen) atoms. The number of aromatic nitrogens is 12. The van der Waals surface area contributed by atoms with Gasteiger partial charge in [-0.3, -0.25) is 23.7 Å². The largest absolute Gasteiger partial charge is 0.388 e. The number of fused-ring (bicyclic) bond motifs is 4. The summed E-state index contributed by atoms with van der Waals surface area (Å²) in [5.41, 5.74) is 9.10. The average Bonchev–Trinajstić information content (AvgIpc) is 4.05. The lowest BCUT2D eigenvalue weighted by Gasteiger charge is -2.11. The second-order valence-corrected chi connectivity index (χ2v) is 18.1. The number of nitrogens with one attached hydrogen (secondary N) is 1. The minimum atomic E-state index is -0.0342. The van der Waals surface area contributed by atoms with Gasteiger partial charge in [-0.1, -0.05) is 27.7 Å². The van der Waals surface area contributed by atoms with Crippen LogP contribution in [0.5, 0.6) is 0 Å². The molecule has 9 heterocycles. The van der Waals surface area contributed by atoms with E-state index in [-0.39, 0.29) is 18.0 Å². The zero-order chi connectivity index (χ0) is 44.9. The van der Waals surface area contributed by atoms with Crippen molar-refractivity contribution in [1.29, 1.82) is 0 Å². The van der Waals surface area contributed by atoms with Crippen molar-refractivity contribution in [3.8, 4) is 0 Å². The number of aromatic amines is 1. The first kappa shape index (κ1) is 44.6. The molecule has 338 valence electrons. The fourth-order valence-electron chi connectivity index (χ4n) is 8.11. The monoisotopic (exact) mass is 871 g/mol. The lowest BCUT2D eigenvalue weighted by molar-refractivity contribution is 0.198. The summed E-state index contributed by atoms with van der Waals surface area (Å²) in [6.07, 6.45) is 16.0. The van der Waals surface area contributed by atoms with E-state index >= 15 is 0 Å². The summed E-state index contributed by atoms with van der Waals surface area (Å²) >= 11 is 0. The third-order valence-electron chi connectivity index (χ3n) is 11.9. The Balaban J connectivity index is 0.000000134. The number of hydrogen-bond acceptors (Lipinski definition) is 10. The van der Waals surface area contributed by atoms with Gasteiger partial charge in [-0.2, -0.15) is 0 Å². The Kier molecular flexibility index (Phi) is 13.8. The topological polar surface area (TPSA) is 181 Å². The number of rotatable bonds is 11. The van der Waals surface area contributed by atoms with Crippen molar-refractivity contribution >= 4 is 44.4 Å². The van der Waals surface area contributed by atoms with Gasteiger partial charge in [0.2, 0.25) is 0 Å². The molecule has 16 heteroatoms. The quantitative estimate of drug-likeness (QED) is 0.130. The maximum Gasteiger partial charge on any atom is 0.329 e. The zero-order valence-corrected chi connectivity index (χ0v) is 38.1. The Morgan fingerprint density at radius 3 is 1.75 bits per heavy atom. The predicted octanol–water partition coefficient (Wildman–Crippen LogP) is 7.81. The van der Waals surface area contributed by atoms with Crippen LogP contribution in [0, 0.1) is 25.7 Å². The molecule has 8 aromatic rings. The summed E-state index contributed by atoms with van der Waals surface area (Å²) in [5.74, 6) is 2.80. The van der Waals surface area contributed by atoms with E-state index in [0.717, 1.165) is 126 Å². The highest BCUT2D eigenvalue weighted by atomic mass is 16.5. The normalized spacial score (nSPS) is 14.9. The van der Waals surface area contributed by atoms with Crippen LogP contribution in [0.2, 0.25) is 0 Å². The molecule has 0 unspecified atom stereocenters. The second kappa shape index (κ2) is 19.8. The van der Waals surface area contributed by atoms with Crippen LogP contribution in [-0.4, -0.2) is 76.0 Å². The maximum absolute atomic E-state index is 13.3. The Labute approximate surface area is 372 Å². The lowest BCUT2D eigenvalue weighted by atomic mass is 10.1. The second-order valence-electron chi connectivity index (χ2n) is 18.1. The van der Waals surface area contributed by atoms with Gasteiger partial charge >= 0.3 is 11.4 Å². The Morgan fingerprint density at radius 2 is 1.20 bits per heavy atom. The summed E-state index contributed by atoms with van der Waals surface area (Å²) in [7, 11) is 0. The minimum Gasteiger partial charge on any atom is -0.388 e. The number of nitrogens with zero attached hydrogens (tertiary/aromatic N) is 11. The van der Waals surface area contributed by atoms with Crippen molar-refractivity contribution in [3.05, 3.63) is 105 Å². The van der Waals surface area contributed by atoms with Gasteiger partial charge in [0.25, 0.3) is 0 Å². The molecule has 11 rings (SSSR count). The smallest absolute Gasteiger partial charge is 0.329 e. The van der Waals surface area contributed by atoms with E-state index in [2.05, 4.69) is 72.8 Å². The van der Waals surface area contributed by atoms with E-state index in [9.17, 15) is 14.7 Å². The van der Waals surface area contributed by atoms with Crippen molar-refractivity contribution in [2.45, 2.75) is 131 Å². The van der Waals surface area contributed by atoms with Crippen LogP contribution >= 0.6 is 0 Å². The predicted molar refractivity (Wildman–Crippen MR) is 249 cm³/mol. The van der Waals surface area contributed by atoms with Gasteiger partial charge in [0, 0.05) is 62.2 Å². The van der Waals surface area contributed by atoms with Crippen molar-refractivity contribution in [1.82, 2.24) is 57.7 Å². The van der Waals surface area contributed by atoms with Crippen molar-refractivity contribution in [2.24, 2.45) is 11.8 Å². The number of ether oxygens (including phenoxy) is 1. The van der Waals surface area contributed by atoms with Crippen molar-refractivity contribution < 1.29 is 9.84 Å². The highest BCUT2D eigenvalue weighted by Gasteiger charge is 2.30. The lowest BCUT2D eigenvalue weighted by Crippen LogP contribution is -2.25. The van der Waals surface area contributed by atoms with Gasteiger partial charge in [-0.25, -0.2) is 29.5 Å². The van der Waals surface area contributed by atoms with E-state index in [0.29, 0.717) is 36.3 Å². The minimum absolute atomic E-state index is 0.00880. The van der Waals surface area contributed by atoms with Crippen LogP contribution in [0.4, 0.5) is 0 Å². The summed E-state index contributed by atoms with van der Waals surface area (Å²) in [5, 5.41) is 9.34. The Hall–Kier alpha value is -6.00. The van der Waals surface area contributed by atoms with Crippen LogP contribution in [0.25, 0.3) is 44.4 Å². The van der Waals surface area contributed by atoms with E-state index in [1.165, 1.54) is 12.8 Å². The van der Waals surface area contributed by atoms with Gasteiger partial charge in [0.15, 0.2) is 11.3 Å². The molecule has 8 aromatic heterocycles. The molecular formula is C48H62N12O4. The van der Waals surface area contributed by atoms with Gasteiger partial charge < -0.3 is 24.0 Å². The molecular weight excluding hydrogens is 809 g/mol. The molecule has 0 radical (unpaired) electrons. The van der Waals surface area contributed by atoms with Crippen LogP contribution < -0.4 is 11.4 Å². The fourth-order valence-corrected chi connectivity index (χ4v) is 8.11. The first-order valence-corrected chi connectivity index (χ1v) is 22.9. The number of hydrogen-bond donors (Lipinski definition) is 2. The van der Waals surface area contributed by atoms with E-state index < -0.39 is 0 Å². The van der Waals surface area contributed by atoms with Gasteiger partial charge in [-0.05, 0) is 113 Å². The molecule has 3 aliphatic rings. The molecule has 0 aromatic carbocycles. The number of aryl methyl sites for hydroxylation is 4. The third kappa shape index (κ3) is 10.2. The molecule has 1 saturated heterocycles. The van der Waals surface area contributed by atoms with Crippen LogP contribution in [0.15, 0.2) is 70.8 Å². The zero-order valence-electron chi connectivity index (χ0n) is 38.1. The van der Waals surface area contributed by atoms with Crippen LogP contribution in [-0.2, 0) is 31.0 Å². The fraction of sp³-hybridized carbons (Fsp3) is 0.500. The summed E-state index contributed by atoms with van der Waals surface area (Å²) in [6.45, 7) is 16.9. The maximum atomic E-state index is 13.3. The number of aliphatic hydroxyl groups is 1. The standard InChI is InChI=1S/C22H26N6O.C13H19N3O.C9H9N3O.C4H8O/c1-14(2)9-11-26-18-7-4-15(3)24-21(18)25-20(26)13-27-19-12-23-10-8-17(19)28(22(27)29)16-5-6-16;1-9(2)6-7-16-11-5-4-10(3)14-13(11)15-12(16)8-17;13-9-11-7-5-10-4-3-8(7)12(9)6-1-2-6;1-2-4-5-3-1/h4,7-8,10,12,14,16H,5-6,9,11,13H2,1-3H3;4-5,9,17H,6-8H2,1-3H3;3-6H,1-2H2,(H,11,13);1-4H2. The number of imidazole rings is 4.